The molecule has 2 amide bonds. The van der Waals surface area contributed by atoms with E-state index in [0.717, 1.165) is 0 Å². The van der Waals surface area contributed by atoms with Gasteiger partial charge in [0.05, 0.1) is 21.6 Å². The highest BCUT2D eigenvalue weighted by atomic mass is 35.5. The van der Waals surface area contributed by atoms with Crippen molar-refractivity contribution in [3.63, 3.8) is 0 Å². The van der Waals surface area contributed by atoms with Gasteiger partial charge in [-0.3, -0.25) is 9.36 Å². The van der Waals surface area contributed by atoms with Crippen molar-refractivity contribution in [2.75, 3.05) is 11.9 Å². The number of amides is 2. The van der Waals surface area contributed by atoms with Gasteiger partial charge in [0.2, 0.25) is 8.32 Å². The van der Waals surface area contributed by atoms with E-state index in [-0.39, 0.29) is 11.6 Å². The number of nitrogens with zero attached hydrogens (tertiary/aromatic N) is 2. The maximum absolute atomic E-state index is 14.0. The Balaban J connectivity index is 2.25. The van der Waals surface area contributed by atoms with Crippen LogP contribution >= 0.6 is 11.6 Å². The van der Waals surface area contributed by atoms with Crippen molar-refractivity contribution in [3.05, 3.63) is 63.7 Å². The zero-order valence-electron chi connectivity index (χ0n) is 23.1. The van der Waals surface area contributed by atoms with Gasteiger partial charge in [-0.1, -0.05) is 65.3 Å². The first-order valence-electron chi connectivity index (χ1n) is 13.0. The quantitative estimate of drug-likeness (QED) is 0.275. The molecule has 0 unspecified atom stereocenters. The SMILES string of the molecule is CCNC(=O)Nc1cccc(-n2c([C@H](C)O[Si](C(C)C)(C(C)C)C(C)C)nc3cccc(Cl)c3c2=O)c1. The first-order valence-corrected chi connectivity index (χ1v) is 15.5. The highest BCUT2D eigenvalue weighted by molar-refractivity contribution is 6.77. The molecule has 0 aliphatic heterocycles. The Bertz CT molecular complexity index is 1300. The Morgan fingerprint density at radius 2 is 1.65 bits per heavy atom. The Labute approximate surface area is 225 Å². The molecule has 9 heteroatoms. The largest absolute Gasteiger partial charge is 0.406 e. The van der Waals surface area contributed by atoms with E-state index in [0.29, 0.717) is 56.3 Å². The second-order valence-electron chi connectivity index (χ2n) is 10.4. The molecule has 37 heavy (non-hydrogen) atoms. The predicted octanol–water partition coefficient (Wildman–Crippen LogP) is 7.43. The molecule has 0 radical (unpaired) electrons. The van der Waals surface area contributed by atoms with Crippen LogP contribution in [0.15, 0.2) is 47.3 Å². The maximum Gasteiger partial charge on any atom is 0.319 e. The molecule has 3 aromatic rings. The molecule has 1 aromatic heterocycles. The van der Waals surface area contributed by atoms with E-state index in [9.17, 15) is 9.59 Å². The number of aromatic nitrogens is 2. The summed E-state index contributed by atoms with van der Waals surface area (Å²) >= 11 is 6.48. The molecular weight excluding hydrogens is 504 g/mol. The second-order valence-corrected chi connectivity index (χ2v) is 16.2. The molecule has 0 spiro atoms. The summed E-state index contributed by atoms with van der Waals surface area (Å²) in [7, 11) is -2.28. The van der Waals surface area contributed by atoms with Gasteiger partial charge in [0.1, 0.15) is 11.9 Å². The summed E-state index contributed by atoms with van der Waals surface area (Å²) in [6.07, 6.45) is -0.449. The monoisotopic (exact) mass is 542 g/mol. The van der Waals surface area contributed by atoms with Gasteiger partial charge in [-0.25, -0.2) is 9.78 Å². The Kier molecular flexibility index (Phi) is 9.21. The minimum atomic E-state index is -2.28. The summed E-state index contributed by atoms with van der Waals surface area (Å²) in [5.41, 5.74) is 2.50. The fourth-order valence-electron chi connectivity index (χ4n) is 5.55. The van der Waals surface area contributed by atoms with Gasteiger partial charge in [-0.2, -0.15) is 0 Å². The number of carbonyl (C=O) groups excluding carboxylic acids is 1. The van der Waals surface area contributed by atoms with Crippen molar-refractivity contribution in [2.24, 2.45) is 0 Å². The lowest BCUT2D eigenvalue weighted by Crippen LogP contribution is -2.48. The van der Waals surface area contributed by atoms with Crippen LogP contribution in [0.3, 0.4) is 0 Å². The number of hydrogen-bond donors (Lipinski definition) is 2. The van der Waals surface area contributed by atoms with E-state index in [1.165, 1.54) is 0 Å². The van der Waals surface area contributed by atoms with Crippen molar-refractivity contribution in [3.8, 4) is 5.69 Å². The van der Waals surface area contributed by atoms with Crippen LogP contribution in [0.4, 0.5) is 10.5 Å². The van der Waals surface area contributed by atoms with E-state index in [1.807, 2.05) is 19.9 Å². The van der Waals surface area contributed by atoms with Gasteiger partial charge in [0.25, 0.3) is 5.56 Å². The van der Waals surface area contributed by atoms with E-state index < -0.39 is 14.4 Å². The zero-order valence-corrected chi connectivity index (χ0v) is 24.8. The van der Waals surface area contributed by atoms with Crippen LogP contribution in [0.2, 0.25) is 21.6 Å². The van der Waals surface area contributed by atoms with Crippen LogP contribution in [-0.4, -0.2) is 30.4 Å². The molecule has 2 N–H and O–H groups in total. The summed E-state index contributed by atoms with van der Waals surface area (Å²) < 4.78 is 8.61. The molecule has 3 rings (SSSR count). The summed E-state index contributed by atoms with van der Waals surface area (Å²) in [6, 6.07) is 12.1. The third-order valence-electron chi connectivity index (χ3n) is 7.02. The predicted molar refractivity (Wildman–Crippen MR) is 156 cm³/mol. The lowest BCUT2D eigenvalue weighted by atomic mass is 10.2. The summed E-state index contributed by atoms with van der Waals surface area (Å²) in [6.45, 7) is 17.7. The molecule has 0 bridgehead atoms. The van der Waals surface area contributed by atoms with Crippen molar-refractivity contribution >= 4 is 42.5 Å². The van der Waals surface area contributed by atoms with Gasteiger partial charge in [-0.15, -0.1) is 0 Å². The third kappa shape index (κ3) is 5.76. The average Bonchev–Trinajstić information content (AvgIpc) is 2.81. The molecule has 200 valence electrons. The number of benzene rings is 2. The van der Waals surface area contributed by atoms with Gasteiger partial charge < -0.3 is 15.1 Å². The molecule has 0 aliphatic carbocycles. The van der Waals surface area contributed by atoms with Crippen LogP contribution in [0, 0.1) is 0 Å². The molecular formula is C28H39ClN4O3Si. The normalized spacial score (nSPS) is 13.0. The molecule has 1 heterocycles. The van der Waals surface area contributed by atoms with E-state index in [1.54, 1.807) is 41.0 Å². The second kappa shape index (κ2) is 11.8. The topological polar surface area (TPSA) is 85.2 Å². The molecule has 7 nitrogen and oxygen atoms in total. The van der Waals surface area contributed by atoms with Crippen molar-refractivity contribution in [2.45, 2.75) is 78.1 Å². The van der Waals surface area contributed by atoms with Crippen LogP contribution in [0.25, 0.3) is 16.6 Å². The molecule has 0 saturated carbocycles. The Morgan fingerprint density at radius 3 is 2.24 bits per heavy atom. The van der Waals surface area contributed by atoms with Crippen LogP contribution < -0.4 is 16.2 Å². The first-order chi connectivity index (χ1) is 17.4. The minimum absolute atomic E-state index is 0.276. The van der Waals surface area contributed by atoms with Crippen molar-refractivity contribution in [1.82, 2.24) is 14.9 Å². The number of rotatable bonds is 9. The molecule has 0 saturated heterocycles. The first kappa shape index (κ1) is 28.9. The average molecular weight is 543 g/mol. The number of fused-ring (bicyclic) bond motifs is 1. The van der Waals surface area contributed by atoms with Gasteiger partial charge in [0.15, 0.2) is 0 Å². The highest BCUT2D eigenvalue weighted by Gasteiger charge is 2.46. The van der Waals surface area contributed by atoms with Gasteiger partial charge >= 0.3 is 6.03 Å². The summed E-state index contributed by atoms with van der Waals surface area (Å²) in [5, 5.41) is 6.23. The number of anilines is 1. The number of carbonyl (C=O) groups is 1. The number of halogens is 1. The van der Waals surface area contributed by atoms with Crippen molar-refractivity contribution < 1.29 is 9.22 Å². The smallest absolute Gasteiger partial charge is 0.319 e. The number of hydrogen-bond acceptors (Lipinski definition) is 4. The fraction of sp³-hybridized carbons (Fsp3) is 0.464. The van der Waals surface area contributed by atoms with E-state index >= 15 is 0 Å². The molecule has 0 aliphatic rings. The highest BCUT2D eigenvalue weighted by Crippen LogP contribution is 2.45. The van der Waals surface area contributed by atoms with Crippen LogP contribution in [0.1, 0.15) is 67.3 Å². The van der Waals surface area contributed by atoms with Gasteiger partial charge in [0, 0.05) is 12.2 Å². The minimum Gasteiger partial charge on any atom is -0.406 e. The molecule has 2 aromatic carbocycles. The van der Waals surface area contributed by atoms with Crippen LogP contribution in [-0.2, 0) is 4.43 Å². The molecule has 0 fully saturated rings. The lowest BCUT2D eigenvalue weighted by Gasteiger charge is -2.44. The summed E-state index contributed by atoms with van der Waals surface area (Å²) in [4.78, 5) is 31.0. The number of nitrogens with one attached hydrogen (secondary N) is 2. The Hall–Kier alpha value is -2.68. The maximum atomic E-state index is 14.0. The fourth-order valence-corrected chi connectivity index (χ4v) is 11.3. The standard InChI is InChI=1S/C28H39ClN4O3Si/c1-9-30-28(35)31-21-12-10-13-22(16-21)33-26(32-24-15-11-14-23(29)25(24)27(33)34)20(8)36-37(17(2)3,18(4)5)19(6)7/h10-20H,9H2,1-8H3,(H2,30,31,35)/t20-/m0/s1. The van der Waals surface area contributed by atoms with E-state index in [2.05, 4.69) is 52.2 Å². The van der Waals surface area contributed by atoms with Gasteiger partial charge in [-0.05, 0) is 60.8 Å². The zero-order chi connectivity index (χ0) is 27.5. The number of urea groups is 1. The van der Waals surface area contributed by atoms with Crippen LogP contribution in [0.5, 0.6) is 0 Å². The summed E-state index contributed by atoms with van der Waals surface area (Å²) in [5.74, 6) is 0.508. The Morgan fingerprint density at radius 1 is 1.03 bits per heavy atom. The van der Waals surface area contributed by atoms with E-state index in [4.69, 9.17) is 21.0 Å². The third-order valence-corrected chi connectivity index (χ3v) is 13.5. The van der Waals surface area contributed by atoms with Crippen molar-refractivity contribution in [1.29, 1.82) is 0 Å². The lowest BCUT2D eigenvalue weighted by molar-refractivity contribution is 0.183. The molecule has 1 atom stereocenters.